The van der Waals surface area contributed by atoms with E-state index in [0.29, 0.717) is 13.1 Å². The van der Waals surface area contributed by atoms with Crippen molar-refractivity contribution in [3.63, 3.8) is 0 Å². The summed E-state index contributed by atoms with van der Waals surface area (Å²) in [4.78, 5) is 25.8. The molecule has 2 rings (SSSR count). The number of nitrogens with zero attached hydrogens (tertiary/aromatic N) is 3. The highest BCUT2D eigenvalue weighted by atomic mass is 16.2. The molecule has 1 N–H and O–H groups in total. The highest BCUT2D eigenvalue weighted by molar-refractivity contribution is 5.73. The van der Waals surface area contributed by atoms with Gasteiger partial charge in [0.25, 0.3) is 5.56 Å². The average molecular weight is 222 g/mol. The van der Waals surface area contributed by atoms with Gasteiger partial charge in [0.05, 0.1) is 0 Å². The van der Waals surface area contributed by atoms with E-state index in [1.165, 1.54) is 6.07 Å². The maximum absolute atomic E-state index is 11.1. The molecule has 0 bridgehead atoms. The van der Waals surface area contributed by atoms with Gasteiger partial charge in [-0.05, 0) is 6.07 Å². The third-order valence-corrected chi connectivity index (χ3v) is 2.71. The number of rotatable bonds is 1. The molecular weight excluding hydrogens is 208 g/mol. The minimum Gasteiger partial charge on any atom is -0.352 e. The lowest BCUT2D eigenvalue weighted by Crippen LogP contribution is -2.48. The number of aromatic amines is 1. The van der Waals surface area contributed by atoms with Gasteiger partial charge in [-0.25, -0.2) is 5.10 Å². The van der Waals surface area contributed by atoms with Crippen LogP contribution in [0, 0.1) is 0 Å². The van der Waals surface area contributed by atoms with E-state index in [9.17, 15) is 9.59 Å². The number of nitrogens with one attached hydrogen (secondary N) is 1. The van der Waals surface area contributed by atoms with Crippen molar-refractivity contribution in [2.45, 2.75) is 6.92 Å². The van der Waals surface area contributed by atoms with Gasteiger partial charge in [-0.1, -0.05) is 0 Å². The Morgan fingerprint density at radius 1 is 1.31 bits per heavy atom. The second-order valence-corrected chi connectivity index (χ2v) is 3.77. The number of amides is 1. The van der Waals surface area contributed by atoms with Gasteiger partial charge in [0, 0.05) is 39.2 Å². The van der Waals surface area contributed by atoms with E-state index in [1.807, 2.05) is 4.90 Å². The normalized spacial score (nSPS) is 16.3. The number of aromatic nitrogens is 2. The van der Waals surface area contributed by atoms with E-state index in [0.717, 1.165) is 18.9 Å². The Labute approximate surface area is 92.9 Å². The van der Waals surface area contributed by atoms with Crippen molar-refractivity contribution in [3.8, 4) is 0 Å². The predicted octanol–water partition coefficient (Wildman–Crippen LogP) is -0.562. The van der Waals surface area contributed by atoms with Crippen molar-refractivity contribution in [3.05, 3.63) is 22.5 Å². The highest BCUT2D eigenvalue weighted by Crippen LogP contribution is 2.10. The fourth-order valence-electron chi connectivity index (χ4n) is 1.76. The molecule has 1 amide bonds. The molecule has 0 aromatic carbocycles. The third-order valence-electron chi connectivity index (χ3n) is 2.71. The first kappa shape index (κ1) is 10.7. The molecule has 6 nitrogen and oxygen atoms in total. The number of carbonyl (C=O) groups excluding carboxylic acids is 1. The van der Waals surface area contributed by atoms with Crippen LogP contribution in [-0.2, 0) is 4.79 Å². The quantitative estimate of drug-likeness (QED) is 0.691. The molecule has 0 aliphatic carbocycles. The molecule has 1 aromatic rings. The molecule has 0 saturated carbocycles. The molecule has 1 aliphatic heterocycles. The van der Waals surface area contributed by atoms with Gasteiger partial charge in [0.15, 0.2) is 0 Å². The molecule has 0 radical (unpaired) electrons. The molecule has 2 heterocycles. The van der Waals surface area contributed by atoms with Crippen molar-refractivity contribution in [2.75, 3.05) is 31.1 Å². The van der Waals surface area contributed by atoms with Crippen LogP contribution in [0.15, 0.2) is 16.9 Å². The first-order valence-corrected chi connectivity index (χ1v) is 5.23. The van der Waals surface area contributed by atoms with Crippen LogP contribution in [-0.4, -0.2) is 47.2 Å². The summed E-state index contributed by atoms with van der Waals surface area (Å²) in [5, 5.41) is 6.36. The Bertz CT molecular complexity index is 414. The maximum atomic E-state index is 11.1. The van der Waals surface area contributed by atoms with Crippen LogP contribution in [0.1, 0.15) is 6.92 Å². The van der Waals surface area contributed by atoms with Gasteiger partial charge < -0.3 is 9.80 Å². The van der Waals surface area contributed by atoms with Crippen LogP contribution < -0.4 is 10.5 Å². The fraction of sp³-hybridized carbons (Fsp3) is 0.500. The van der Waals surface area contributed by atoms with Crippen LogP contribution in [0.5, 0.6) is 0 Å². The second kappa shape index (κ2) is 4.34. The zero-order chi connectivity index (χ0) is 11.5. The van der Waals surface area contributed by atoms with Crippen LogP contribution >= 0.6 is 0 Å². The minimum atomic E-state index is -0.203. The molecule has 1 aliphatic rings. The van der Waals surface area contributed by atoms with Crippen LogP contribution in [0.25, 0.3) is 0 Å². The molecule has 0 spiro atoms. The second-order valence-electron chi connectivity index (χ2n) is 3.77. The third kappa shape index (κ3) is 2.21. The Hall–Kier alpha value is -1.85. The van der Waals surface area contributed by atoms with E-state index >= 15 is 0 Å². The molecule has 0 unspecified atom stereocenters. The smallest absolute Gasteiger partial charge is 0.264 e. The molecule has 1 aromatic heterocycles. The Balaban J connectivity index is 2.01. The van der Waals surface area contributed by atoms with E-state index in [4.69, 9.17) is 0 Å². The summed E-state index contributed by atoms with van der Waals surface area (Å²) < 4.78 is 0. The van der Waals surface area contributed by atoms with E-state index in [1.54, 1.807) is 13.0 Å². The van der Waals surface area contributed by atoms with Gasteiger partial charge >= 0.3 is 0 Å². The van der Waals surface area contributed by atoms with Crippen molar-refractivity contribution >= 4 is 11.7 Å². The largest absolute Gasteiger partial charge is 0.352 e. The lowest BCUT2D eigenvalue weighted by atomic mass is 10.3. The zero-order valence-electron chi connectivity index (χ0n) is 9.14. The minimum absolute atomic E-state index is 0.106. The molecule has 1 saturated heterocycles. The Morgan fingerprint density at radius 3 is 2.50 bits per heavy atom. The monoisotopic (exact) mass is 222 g/mol. The van der Waals surface area contributed by atoms with E-state index in [2.05, 4.69) is 15.1 Å². The van der Waals surface area contributed by atoms with E-state index < -0.39 is 0 Å². The molecule has 6 heteroatoms. The fourth-order valence-corrected chi connectivity index (χ4v) is 1.76. The summed E-state index contributed by atoms with van der Waals surface area (Å²) in [5.74, 6) is 0.858. The topological polar surface area (TPSA) is 69.3 Å². The van der Waals surface area contributed by atoms with Gasteiger partial charge in [-0.3, -0.25) is 9.59 Å². The van der Waals surface area contributed by atoms with Crippen molar-refractivity contribution in [2.24, 2.45) is 0 Å². The summed E-state index contributed by atoms with van der Waals surface area (Å²) in [6, 6.07) is 3.15. The number of piperazine rings is 1. The van der Waals surface area contributed by atoms with Crippen molar-refractivity contribution in [1.82, 2.24) is 15.1 Å². The van der Waals surface area contributed by atoms with Crippen molar-refractivity contribution < 1.29 is 4.79 Å². The number of hydrogen-bond acceptors (Lipinski definition) is 4. The SMILES string of the molecule is CC(=O)N1CCN(c2ccc(=O)[nH]n2)CC1. The van der Waals surface area contributed by atoms with Gasteiger partial charge in [-0.15, -0.1) is 0 Å². The molecule has 0 atom stereocenters. The van der Waals surface area contributed by atoms with Gasteiger partial charge in [0.1, 0.15) is 5.82 Å². The maximum Gasteiger partial charge on any atom is 0.264 e. The summed E-state index contributed by atoms with van der Waals surface area (Å²) in [6.45, 7) is 4.48. The molecule has 16 heavy (non-hydrogen) atoms. The molecular formula is C10H14N4O2. The van der Waals surface area contributed by atoms with Crippen molar-refractivity contribution in [1.29, 1.82) is 0 Å². The van der Waals surface area contributed by atoms with Gasteiger partial charge in [-0.2, -0.15) is 5.10 Å². The highest BCUT2D eigenvalue weighted by Gasteiger charge is 2.19. The first-order valence-electron chi connectivity index (χ1n) is 5.23. The Kier molecular flexibility index (Phi) is 2.89. The standard InChI is InChI=1S/C10H14N4O2/c1-8(15)13-4-6-14(7-5-13)9-2-3-10(16)12-11-9/h2-3H,4-7H2,1H3,(H,12,16). The summed E-state index contributed by atoms with van der Waals surface area (Å²) in [7, 11) is 0. The van der Waals surface area contributed by atoms with Crippen LogP contribution in [0.2, 0.25) is 0 Å². The lowest BCUT2D eigenvalue weighted by molar-refractivity contribution is -0.129. The molecule has 1 fully saturated rings. The summed E-state index contributed by atoms with van der Waals surface area (Å²) in [5.41, 5.74) is -0.203. The Morgan fingerprint density at radius 2 is 2.00 bits per heavy atom. The average Bonchev–Trinajstić information content (AvgIpc) is 2.30. The number of hydrogen-bond donors (Lipinski definition) is 1. The number of anilines is 1. The van der Waals surface area contributed by atoms with E-state index in [-0.39, 0.29) is 11.5 Å². The lowest BCUT2D eigenvalue weighted by Gasteiger charge is -2.34. The predicted molar refractivity (Wildman–Crippen MR) is 59.3 cm³/mol. The molecule has 86 valence electrons. The zero-order valence-corrected chi connectivity index (χ0v) is 9.14. The summed E-state index contributed by atoms with van der Waals surface area (Å²) >= 11 is 0. The van der Waals surface area contributed by atoms with Gasteiger partial charge in [0.2, 0.25) is 5.91 Å². The van der Waals surface area contributed by atoms with Crippen LogP contribution in [0.4, 0.5) is 5.82 Å². The summed E-state index contributed by atoms with van der Waals surface area (Å²) in [6.07, 6.45) is 0. The first-order chi connectivity index (χ1) is 7.66. The number of carbonyl (C=O) groups is 1. The van der Waals surface area contributed by atoms with Crippen LogP contribution in [0.3, 0.4) is 0 Å². The number of H-pyrrole nitrogens is 1.